The molecule has 1 aliphatic carbocycles. The molecule has 0 spiro atoms. The first-order chi connectivity index (χ1) is 7.04. The van der Waals surface area contributed by atoms with E-state index in [1.165, 1.54) is 0 Å². The zero-order valence-electron chi connectivity index (χ0n) is 9.01. The SMILES string of the molecule is COc1cc(C)c(Br)c(CC2(O)CC2)c1. The van der Waals surface area contributed by atoms with Gasteiger partial charge in [-0.15, -0.1) is 0 Å². The summed E-state index contributed by atoms with van der Waals surface area (Å²) in [4.78, 5) is 0. The van der Waals surface area contributed by atoms with E-state index in [2.05, 4.69) is 15.9 Å². The molecule has 2 rings (SSSR count). The largest absolute Gasteiger partial charge is 0.497 e. The molecule has 1 aliphatic rings. The molecule has 15 heavy (non-hydrogen) atoms. The lowest BCUT2D eigenvalue weighted by molar-refractivity contribution is 0.150. The molecule has 1 aromatic rings. The maximum absolute atomic E-state index is 9.90. The summed E-state index contributed by atoms with van der Waals surface area (Å²) in [7, 11) is 1.66. The quantitative estimate of drug-likeness (QED) is 0.916. The van der Waals surface area contributed by atoms with Crippen molar-refractivity contribution < 1.29 is 9.84 Å². The van der Waals surface area contributed by atoms with E-state index in [1.54, 1.807) is 7.11 Å². The van der Waals surface area contributed by atoms with Crippen LogP contribution in [0, 0.1) is 6.92 Å². The number of halogens is 1. The summed E-state index contributed by atoms with van der Waals surface area (Å²) in [5.74, 6) is 0.856. The molecular formula is C12H15BrO2. The number of ether oxygens (including phenoxy) is 1. The minimum atomic E-state index is -0.457. The van der Waals surface area contributed by atoms with E-state index >= 15 is 0 Å². The highest BCUT2D eigenvalue weighted by Gasteiger charge is 2.40. The highest BCUT2D eigenvalue weighted by atomic mass is 79.9. The fourth-order valence-corrected chi connectivity index (χ4v) is 2.10. The zero-order chi connectivity index (χ0) is 11.1. The van der Waals surface area contributed by atoms with Gasteiger partial charge in [0, 0.05) is 10.9 Å². The lowest BCUT2D eigenvalue weighted by Crippen LogP contribution is -2.11. The van der Waals surface area contributed by atoms with E-state index in [0.29, 0.717) is 6.42 Å². The Morgan fingerprint density at radius 2 is 2.13 bits per heavy atom. The van der Waals surface area contributed by atoms with Gasteiger partial charge < -0.3 is 9.84 Å². The Bertz CT molecular complexity index is 383. The fourth-order valence-electron chi connectivity index (χ4n) is 1.73. The summed E-state index contributed by atoms with van der Waals surface area (Å²) in [6.07, 6.45) is 2.54. The molecule has 0 aliphatic heterocycles. The van der Waals surface area contributed by atoms with Crippen LogP contribution in [-0.2, 0) is 6.42 Å². The molecule has 2 nitrogen and oxygen atoms in total. The van der Waals surface area contributed by atoms with Gasteiger partial charge in [0.25, 0.3) is 0 Å². The van der Waals surface area contributed by atoms with Crippen molar-refractivity contribution in [3.63, 3.8) is 0 Å². The minimum Gasteiger partial charge on any atom is -0.497 e. The van der Waals surface area contributed by atoms with Gasteiger partial charge in [0.15, 0.2) is 0 Å². The van der Waals surface area contributed by atoms with Gasteiger partial charge in [-0.1, -0.05) is 15.9 Å². The topological polar surface area (TPSA) is 29.5 Å². The second-order valence-corrected chi connectivity index (χ2v) is 5.11. The third-order valence-electron chi connectivity index (χ3n) is 2.89. The molecule has 3 heteroatoms. The van der Waals surface area contributed by atoms with Crippen molar-refractivity contribution in [1.82, 2.24) is 0 Å². The van der Waals surface area contributed by atoms with Crippen LogP contribution >= 0.6 is 15.9 Å². The van der Waals surface area contributed by atoms with E-state index in [9.17, 15) is 5.11 Å². The van der Waals surface area contributed by atoms with Crippen LogP contribution in [0.2, 0.25) is 0 Å². The van der Waals surface area contributed by atoms with E-state index in [0.717, 1.165) is 34.2 Å². The third kappa shape index (κ3) is 2.34. The van der Waals surface area contributed by atoms with E-state index in [-0.39, 0.29) is 0 Å². The van der Waals surface area contributed by atoms with E-state index < -0.39 is 5.60 Å². The average Bonchev–Trinajstić information content (AvgIpc) is 2.91. The number of hydrogen-bond acceptors (Lipinski definition) is 2. The standard InChI is InChI=1S/C12H15BrO2/c1-8-5-10(15-2)6-9(11(8)13)7-12(14)3-4-12/h5-6,14H,3-4,7H2,1-2H3. The normalized spacial score (nSPS) is 17.6. The van der Waals surface area contributed by atoms with Crippen LogP contribution in [0.1, 0.15) is 24.0 Å². The van der Waals surface area contributed by atoms with Crippen LogP contribution in [-0.4, -0.2) is 17.8 Å². The number of benzene rings is 1. The van der Waals surface area contributed by atoms with Gasteiger partial charge in [0.2, 0.25) is 0 Å². The van der Waals surface area contributed by atoms with Gasteiger partial charge in [-0.2, -0.15) is 0 Å². The third-order valence-corrected chi connectivity index (χ3v) is 4.02. The van der Waals surface area contributed by atoms with Crippen molar-refractivity contribution >= 4 is 15.9 Å². The molecule has 1 aromatic carbocycles. The van der Waals surface area contributed by atoms with Gasteiger partial charge in [-0.3, -0.25) is 0 Å². The van der Waals surface area contributed by atoms with Crippen molar-refractivity contribution in [2.24, 2.45) is 0 Å². The van der Waals surface area contributed by atoms with Gasteiger partial charge in [-0.05, 0) is 43.0 Å². The van der Waals surface area contributed by atoms with Crippen LogP contribution in [0.4, 0.5) is 0 Å². The molecule has 0 atom stereocenters. The summed E-state index contributed by atoms with van der Waals surface area (Å²) in [6.45, 7) is 2.03. The van der Waals surface area contributed by atoms with E-state index in [1.807, 2.05) is 19.1 Å². The molecular weight excluding hydrogens is 256 g/mol. The Balaban J connectivity index is 2.31. The highest BCUT2D eigenvalue weighted by Crippen LogP contribution is 2.40. The van der Waals surface area contributed by atoms with Gasteiger partial charge in [-0.25, -0.2) is 0 Å². The first-order valence-electron chi connectivity index (χ1n) is 5.09. The molecule has 1 saturated carbocycles. The molecule has 82 valence electrons. The van der Waals surface area contributed by atoms with Gasteiger partial charge >= 0.3 is 0 Å². The number of rotatable bonds is 3. The zero-order valence-corrected chi connectivity index (χ0v) is 10.6. The molecule has 0 bridgehead atoms. The second-order valence-electron chi connectivity index (χ2n) is 4.32. The second kappa shape index (κ2) is 3.80. The summed E-state index contributed by atoms with van der Waals surface area (Å²) in [5, 5.41) is 9.90. The minimum absolute atomic E-state index is 0.457. The molecule has 0 amide bonds. The summed E-state index contributed by atoms with van der Waals surface area (Å²) in [5.41, 5.74) is 1.82. The molecule has 1 fully saturated rings. The van der Waals surface area contributed by atoms with E-state index in [4.69, 9.17) is 4.74 Å². The molecule has 1 N–H and O–H groups in total. The monoisotopic (exact) mass is 270 g/mol. The van der Waals surface area contributed by atoms with Crippen LogP contribution in [0.25, 0.3) is 0 Å². The number of hydrogen-bond donors (Lipinski definition) is 1. The fraction of sp³-hybridized carbons (Fsp3) is 0.500. The predicted octanol–water partition coefficient (Wildman–Crippen LogP) is 2.83. The van der Waals surface area contributed by atoms with Crippen molar-refractivity contribution in [2.45, 2.75) is 31.8 Å². The maximum atomic E-state index is 9.90. The number of aliphatic hydroxyl groups is 1. The molecule has 0 heterocycles. The highest BCUT2D eigenvalue weighted by molar-refractivity contribution is 9.10. The lowest BCUT2D eigenvalue weighted by atomic mass is 10.0. The van der Waals surface area contributed by atoms with Crippen molar-refractivity contribution in [3.8, 4) is 5.75 Å². The molecule has 0 saturated heterocycles. The maximum Gasteiger partial charge on any atom is 0.119 e. The van der Waals surface area contributed by atoms with Crippen LogP contribution in [0.15, 0.2) is 16.6 Å². The average molecular weight is 271 g/mol. The molecule has 0 radical (unpaired) electrons. The van der Waals surface area contributed by atoms with Crippen LogP contribution in [0.5, 0.6) is 5.75 Å². The summed E-state index contributed by atoms with van der Waals surface area (Å²) in [6, 6.07) is 3.98. The smallest absolute Gasteiger partial charge is 0.119 e. The Labute approximate surface area is 98.4 Å². The summed E-state index contributed by atoms with van der Waals surface area (Å²) >= 11 is 3.56. The summed E-state index contributed by atoms with van der Waals surface area (Å²) < 4.78 is 6.31. The van der Waals surface area contributed by atoms with Crippen molar-refractivity contribution in [1.29, 1.82) is 0 Å². The van der Waals surface area contributed by atoms with Gasteiger partial charge in [0.1, 0.15) is 5.75 Å². The number of aryl methyl sites for hydroxylation is 1. The molecule has 0 unspecified atom stereocenters. The first-order valence-corrected chi connectivity index (χ1v) is 5.89. The van der Waals surface area contributed by atoms with Crippen molar-refractivity contribution in [3.05, 3.63) is 27.7 Å². The van der Waals surface area contributed by atoms with Gasteiger partial charge in [0.05, 0.1) is 12.7 Å². The predicted molar refractivity (Wildman–Crippen MR) is 63.3 cm³/mol. The Morgan fingerprint density at radius 3 is 2.67 bits per heavy atom. The molecule has 0 aromatic heterocycles. The Kier molecular flexibility index (Phi) is 2.77. The Morgan fingerprint density at radius 1 is 1.47 bits per heavy atom. The van der Waals surface area contributed by atoms with Crippen molar-refractivity contribution in [2.75, 3.05) is 7.11 Å². The Hall–Kier alpha value is -0.540. The first kappa shape index (κ1) is 11.0. The lowest BCUT2D eigenvalue weighted by Gasteiger charge is -2.13. The van der Waals surface area contributed by atoms with Crippen LogP contribution in [0.3, 0.4) is 0 Å². The van der Waals surface area contributed by atoms with Crippen LogP contribution < -0.4 is 4.74 Å². The number of methoxy groups -OCH3 is 1.